The van der Waals surface area contributed by atoms with Crippen molar-refractivity contribution in [2.24, 2.45) is 11.8 Å². The van der Waals surface area contributed by atoms with Gasteiger partial charge in [0.15, 0.2) is 5.13 Å². The maximum absolute atomic E-state index is 12.5. The lowest BCUT2D eigenvalue weighted by Crippen LogP contribution is -2.36. The number of likely N-dealkylation sites (tertiary alicyclic amines) is 1. The molecule has 3 amide bonds. The van der Waals surface area contributed by atoms with Gasteiger partial charge in [-0.3, -0.25) is 29.0 Å². The number of hydrogen-bond donors (Lipinski definition) is 0. The van der Waals surface area contributed by atoms with Crippen LogP contribution in [0, 0.1) is 11.8 Å². The van der Waals surface area contributed by atoms with Crippen molar-refractivity contribution in [1.29, 1.82) is 0 Å². The van der Waals surface area contributed by atoms with Crippen molar-refractivity contribution >= 4 is 45.8 Å². The van der Waals surface area contributed by atoms with Crippen LogP contribution in [0.3, 0.4) is 0 Å². The van der Waals surface area contributed by atoms with Gasteiger partial charge in [0, 0.05) is 12.3 Å². The van der Waals surface area contributed by atoms with Crippen molar-refractivity contribution in [2.75, 3.05) is 11.4 Å². The fourth-order valence-electron chi connectivity index (χ4n) is 4.19. The number of fused-ring (bicyclic) bond motifs is 1. The first-order chi connectivity index (χ1) is 15.0. The predicted octanol–water partition coefficient (Wildman–Crippen LogP) is 3.05. The zero-order valence-corrected chi connectivity index (χ0v) is 18.0. The highest BCUT2D eigenvalue weighted by Crippen LogP contribution is 2.38. The first kappa shape index (κ1) is 21.2. The first-order valence-electron chi connectivity index (χ1n) is 10.3. The summed E-state index contributed by atoms with van der Waals surface area (Å²) in [6.07, 6.45) is 3.28. The number of anilines is 2. The molecule has 31 heavy (non-hydrogen) atoms. The summed E-state index contributed by atoms with van der Waals surface area (Å²) in [5.74, 6) is -1.93. The third kappa shape index (κ3) is 4.36. The van der Waals surface area contributed by atoms with E-state index in [9.17, 15) is 19.2 Å². The molecule has 162 valence electrons. The van der Waals surface area contributed by atoms with Crippen molar-refractivity contribution in [2.45, 2.75) is 39.2 Å². The monoisotopic (exact) mass is 441 g/mol. The smallest absolute Gasteiger partial charge is 0.326 e. The number of imide groups is 1. The second-order valence-electron chi connectivity index (χ2n) is 7.73. The van der Waals surface area contributed by atoms with E-state index >= 15 is 0 Å². The number of carbonyl (C=O) groups is 4. The van der Waals surface area contributed by atoms with Crippen LogP contribution in [0.4, 0.5) is 10.8 Å². The maximum Gasteiger partial charge on any atom is 0.326 e. The Bertz CT molecular complexity index is 982. The molecule has 1 saturated heterocycles. The molecule has 1 saturated carbocycles. The van der Waals surface area contributed by atoms with Gasteiger partial charge in [0.1, 0.15) is 13.2 Å². The number of rotatable bonds is 6. The van der Waals surface area contributed by atoms with Crippen molar-refractivity contribution in [1.82, 2.24) is 9.88 Å². The van der Waals surface area contributed by atoms with Crippen LogP contribution in [0.5, 0.6) is 0 Å². The molecule has 0 spiro atoms. The lowest BCUT2D eigenvalue weighted by Gasteiger charge is -2.19. The summed E-state index contributed by atoms with van der Waals surface area (Å²) < 4.78 is 5.26. The molecule has 2 heterocycles. The van der Waals surface area contributed by atoms with Crippen LogP contribution in [0.15, 0.2) is 35.7 Å². The van der Waals surface area contributed by atoms with Crippen LogP contribution in [0.25, 0.3) is 0 Å². The molecule has 2 atom stereocenters. The minimum atomic E-state index is -0.651. The summed E-state index contributed by atoms with van der Waals surface area (Å²) in [6.45, 7) is 0.986. The van der Waals surface area contributed by atoms with Crippen LogP contribution in [0.1, 0.15) is 38.3 Å². The van der Waals surface area contributed by atoms with Crippen LogP contribution in [0.2, 0.25) is 0 Å². The molecule has 9 heteroatoms. The number of amides is 3. The van der Waals surface area contributed by atoms with E-state index in [1.165, 1.54) is 23.2 Å². The van der Waals surface area contributed by atoms with Gasteiger partial charge in [-0.05, 0) is 25.0 Å². The van der Waals surface area contributed by atoms with Gasteiger partial charge in [-0.25, -0.2) is 4.98 Å². The minimum absolute atomic E-state index is 0.0983. The number of esters is 1. The van der Waals surface area contributed by atoms with E-state index in [4.69, 9.17) is 4.74 Å². The normalized spacial score (nSPS) is 20.5. The number of para-hydroxylation sites is 1. The van der Waals surface area contributed by atoms with E-state index < -0.39 is 5.97 Å². The molecular weight excluding hydrogens is 418 g/mol. The number of ether oxygens (including phenoxy) is 1. The summed E-state index contributed by atoms with van der Waals surface area (Å²) in [5, 5.41) is 2.18. The number of thiazole rings is 1. The van der Waals surface area contributed by atoms with Crippen LogP contribution in [-0.2, 0) is 30.5 Å². The van der Waals surface area contributed by atoms with Gasteiger partial charge < -0.3 is 4.74 Å². The van der Waals surface area contributed by atoms with Crippen LogP contribution in [-0.4, -0.2) is 40.1 Å². The Hall–Kier alpha value is -3.07. The third-order valence-corrected chi connectivity index (χ3v) is 6.54. The van der Waals surface area contributed by atoms with E-state index in [1.807, 2.05) is 30.3 Å². The molecule has 0 bridgehead atoms. The predicted molar refractivity (Wildman–Crippen MR) is 113 cm³/mol. The zero-order valence-electron chi connectivity index (χ0n) is 17.2. The quantitative estimate of drug-likeness (QED) is 0.505. The molecule has 2 aromatic rings. The molecule has 2 aliphatic rings. The molecule has 2 fully saturated rings. The zero-order chi connectivity index (χ0) is 22.0. The molecule has 2 unspecified atom stereocenters. The molecule has 1 aromatic heterocycles. The third-order valence-electron chi connectivity index (χ3n) is 5.66. The second kappa shape index (κ2) is 8.97. The number of carbonyl (C=O) groups excluding carboxylic acids is 4. The molecule has 4 rings (SSSR count). The summed E-state index contributed by atoms with van der Waals surface area (Å²) in [7, 11) is 0. The highest BCUT2D eigenvalue weighted by atomic mass is 32.1. The van der Waals surface area contributed by atoms with E-state index in [0.717, 1.165) is 17.7 Å². The first-order valence-corrected chi connectivity index (χ1v) is 11.1. The Morgan fingerprint density at radius 2 is 1.77 bits per heavy atom. The second-order valence-corrected chi connectivity index (χ2v) is 8.57. The lowest BCUT2D eigenvalue weighted by atomic mass is 9.81. The van der Waals surface area contributed by atoms with Gasteiger partial charge in [0.05, 0.1) is 23.2 Å². The number of aromatic nitrogens is 1. The topological polar surface area (TPSA) is 96.9 Å². The maximum atomic E-state index is 12.5. The van der Waals surface area contributed by atoms with Crippen molar-refractivity contribution in [3.05, 3.63) is 41.4 Å². The number of nitrogens with zero attached hydrogens (tertiary/aromatic N) is 3. The van der Waals surface area contributed by atoms with Crippen molar-refractivity contribution < 1.29 is 23.9 Å². The molecular formula is C22H23N3O5S. The Balaban J connectivity index is 1.36. The molecule has 0 radical (unpaired) electrons. The Morgan fingerprint density at radius 1 is 1.13 bits per heavy atom. The van der Waals surface area contributed by atoms with E-state index in [-0.39, 0.29) is 42.7 Å². The Kier molecular flexibility index (Phi) is 6.13. The minimum Gasteiger partial charge on any atom is -0.458 e. The van der Waals surface area contributed by atoms with Crippen LogP contribution < -0.4 is 4.90 Å². The van der Waals surface area contributed by atoms with Gasteiger partial charge in [0.25, 0.3) is 0 Å². The Morgan fingerprint density at radius 3 is 2.39 bits per heavy atom. The summed E-state index contributed by atoms with van der Waals surface area (Å²) >= 11 is 1.26. The van der Waals surface area contributed by atoms with Gasteiger partial charge in [-0.15, -0.1) is 11.3 Å². The Labute approximate surface area is 183 Å². The van der Waals surface area contributed by atoms with Crippen molar-refractivity contribution in [3.63, 3.8) is 0 Å². The largest absolute Gasteiger partial charge is 0.458 e. The summed E-state index contributed by atoms with van der Waals surface area (Å²) in [5.41, 5.74) is 1.18. The van der Waals surface area contributed by atoms with E-state index in [0.29, 0.717) is 29.4 Å². The average Bonchev–Trinajstić information content (AvgIpc) is 3.32. The highest BCUT2D eigenvalue weighted by Gasteiger charge is 2.48. The fraction of sp³-hybridized carbons (Fsp3) is 0.409. The van der Waals surface area contributed by atoms with E-state index in [2.05, 4.69) is 4.98 Å². The van der Waals surface area contributed by atoms with Gasteiger partial charge in [-0.2, -0.15) is 0 Å². The molecule has 8 nitrogen and oxygen atoms in total. The van der Waals surface area contributed by atoms with Crippen molar-refractivity contribution in [3.8, 4) is 0 Å². The molecule has 0 N–H and O–H groups in total. The van der Waals surface area contributed by atoms with Gasteiger partial charge >= 0.3 is 5.97 Å². The lowest BCUT2D eigenvalue weighted by molar-refractivity contribution is -0.153. The number of benzene rings is 1. The standard InChI is InChI=1S/C22H23N3O5S/c1-14(26)25(16-7-3-2-4-8-16)22-23-15(13-31-22)12-30-19(27)11-24-20(28)17-9-5-6-10-18(17)21(24)29/h2-4,7-8,13,17-18H,5-6,9-12H2,1H3. The molecule has 1 aromatic carbocycles. The van der Waals surface area contributed by atoms with Gasteiger partial charge in [-0.1, -0.05) is 31.0 Å². The fourth-order valence-corrected chi connectivity index (χ4v) is 5.06. The average molecular weight is 442 g/mol. The highest BCUT2D eigenvalue weighted by molar-refractivity contribution is 7.14. The summed E-state index contributed by atoms with van der Waals surface area (Å²) in [4.78, 5) is 56.3. The summed E-state index contributed by atoms with van der Waals surface area (Å²) in [6, 6.07) is 9.14. The van der Waals surface area contributed by atoms with E-state index in [1.54, 1.807) is 5.38 Å². The molecule has 1 aliphatic heterocycles. The SMILES string of the molecule is CC(=O)N(c1ccccc1)c1nc(COC(=O)CN2C(=O)C3CCCCC3C2=O)cs1. The molecule has 1 aliphatic carbocycles. The number of hydrogen-bond acceptors (Lipinski definition) is 7. The van der Waals surface area contributed by atoms with Gasteiger partial charge in [0.2, 0.25) is 17.7 Å². The van der Waals surface area contributed by atoms with Crippen LogP contribution >= 0.6 is 11.3 Å².